The Labute approximate surface area is 72.4 Å². The second kappa shape index (κ2) is 4.26. The van der Waals surface area contributed by atoms with Crippen LogP contribution in [0.25, 0.3) is 0 Å². The van der Waals surface area contributed by atoms with Crippen LogP contribution >= 0.6 is 0 Å². The van der Waals surface area contributed by atoms with E-state index in [0.717, 1.165) is 17.6 Å². The van der Waals surface area contributed by atoms with Crippen LogP contribution in [0.4, 0.5) is 0 Å². The zero-order chi connectivity index (χ0) is 8.97. The molecule has 1 fully saturated rings. The topological polar surface area (TPSA) is 35.5 Å². The van der Waals surface area contributed by atoms with E-state index in [1.54, 1.807) is 0 Å². The molecule has 0 amide bonds. The minimum absolute atomic E-state index is 0.182. The highest BCUT2D eigenvalue weighted by Crippen LogP contribution is 2.18. The summed E-state index contributed by atoms with van der Waals surface area (Å²) in [7, 11) is 0. The van der Waals surface area contributed by atoms with Crippen LogP contribution in [0.3, 0.4) is 0 Å². The van der Waals surface area contributed by atoms with Crippen molar-refractivity contribution in [2.75, 3.05) is 19.8 Å². The largest absolute Gasteiger partial charge is 0.463 e. The molecule has 1 aliphatic rings. The van der Waals surface area contributed by atoms with E-state index < -0.39 is 0 Å². The summed E-state index contributed by atoms with van der Waals surface area (Å²) in [5.74, 6) is -0.182. The van der Waals surface area contributed by atoms with Crippen LogP contribution in [0.15, 0.2) is 11.1 Å². The lowest BCUT2D eigenvalue weighted by Crippen LogP contribution is -2.22. The SMILES string of the molecule is CCOC(=O)C(CC)=C1COC1. The Morgan fingerprint density at radius 1 is 1.50 bits per heavy atom. The first-order valence-corrected chi connectivity index (χ1v) is 4.25. The molecule has 0 aromatic heterocycles. The highest BCUT2D eigenvalue weighted by molar-refractivity contribution is 5.89. The molecule has 0 atom stereocenters. The highest BCUT2D eigenvalue weighted by atomic mass is 16.5. The first kappa shape index (κ1) is 9.26. The second-order valence-electron chi connectivity index (χ2n) is 2.65. The molecule has 0 bridgehead atoms. The molecule has 0 aromatic carbocycles. The predicted molar refractivity (Wildman–Crippen MR) is 44.8 cm³/mol. The van der Waals surface area contributed by atoms with Gasteiger partial charge in [0.05, 0.1) is 19.8 Å². The van der Waals surface area contributed by atoms with Gasteiger partial charge in [0.2, 0.25) is 0 Å². The van der Waals surface area contributed by atoms with Gasteiger partial charge in [-0.3, -0.25) is 0 Å². The van der Waals surface area contributed by atoms with Crippen molar-refractivity contribution in [2.45, 2.75) is 20.3 Å². The molecule has 68 valence electrons. The normalized spacial score (nSPS) is 15.3. The van der Waals surface area contributed by atoms with E-state index in [2.05, 4.69) is 0 Å². The van der Waals surface area contributed by atoms with Gasteiger partial charge in [-0.05, 0) is 18.9 Å². The average Bonchev–Trinajstić information content (AvgIpc) is 1.96. The summed E-state index contributed by atoms with van der Waals surface area (Å²) in [4.78, 5) is 11.3. The molecule has 0 radical (unpaired) electrons. The summed E-state index contributed by atoms with van der Waals surface area (Å²) in [6, 6.07) is 0. The van der Waals surface area contributed by atoms with Crippen LogP contribution in [-0.4, -0.2) is 25.8 Å². The number of hydrogen-bond donors (Lipinski definition) is 0. The van der Waals surface area contributed by atoms with Crippen LogP contribution < -0.4 is 0 Å². The molecule has 0 aliphatic carbocycles. The van der Waals surface area contributed by atoms with Crippen molar-refractivity contribution in [2.24, 2.45) is 0 Å². The third-order valence-electron chi connectivity index (χ3n) is 1.85. The monoisotopic (exact) mass is 170 g/mol. The molecule has 1 saturated heterocycles. The van der Waals surface area contributed by atoms with Crippen LogP contribution in [0, 0.1) is 0 Å². The smallest absolute Gasteiger partial charge is 0.334 e. The van der Waals surface area contributed by atoms with E-state index in [0.29, 0.717) is 19.8 Å². The Bertz CT molecular complexity index is 200. The zero-order valence-corrected chi connectivity index (χ0v) is 7.55. The lowest BCUT2D eigenvalue weighted by Gasteiger charge is -2.21. The standard InChI is InChI=1S/C9H14O3/c1-3-8(7-5-11-6-7)9(10)12-4-2/h3-6H2,1-2H3. The number of carbonyl (C=O) groups is 1. The van der Waals surface area contributed by atoms with Gasteiger partial charge in [0, 0.05) is 5.57 Å². The van der Waals surface area contributed by atoms with E-state index in [9.17, 15) is 4.79 Å². The fourth-order valence-electron chi connectivity index (χ4n) is 1.14. The lowest BCUT2D eigenvalue weighted by molar-refractivity contribution is -0.139. The number of carbonyl (C=O) groups excluding carboxylic acids is 1. The van der Waals surface area contributed by atoms with Gasteiger partial charge in [0.15, 0.2) is 0 Å². The molecule has 1 aliphatic heterocycles. The lowest BCUT2D eigenvalue weighted by atomic mass is 10.0. The van der Waals surface area contributed by atoms with Crippen LogP contribution in [0.2, 0.25) is 0 Å². The molecule has 0 saturated carbocycles. The Hall–Kier alpha value is -0.830. The predicted octanol–water partition coefficient (Wildman–Crippen LogP) is 1.29. The molecular weight excluding hydrogens is 156 g/mol. The maximum absolute atomic E-state index is 11.3. The van der Waals surface area contributed by atoms with E-state index in [-0.39, 0.29) is 5.97 Å². The van der Waals surface area contributed by atoms with E-state index in [1.165, 1.54) is 0 Å². The van der Waals surface area contributed by atoms with Gasteiger partial charge in [0.1, 0.15) is 0 Å². The maximum atomic E-state index is 11.3. The third kappa shape index (κ3) is 1.85. The molecule has 1 heterocycles. The Morgan fingerprint density at radius 2 is 2.17 bits per heavy atom. The van der Waals surface area contributed by atoms with Crippen molar-refractivity contribution in [3.05, 3.63) is 11.1 Å². The molecule has 3 nitrogen and oxygen atoms in total. The van der Waals surface area contributed by atoms with Crippen LogP contribution in [-0.2, 0) is 14.3 Å². The molecule has 0 unspecified atom stereocenters. The van der Waals surface area contributed by atoms with Gasteiger partial charge in [-0.15, -0.1) is 0 Å². The number of ether oxygens (including phenoxy) is 2. The zero-order valence-electron chi connectivity index (χ0n) is 7.55. The minimum atomic E-state index is -0.182. The molecule has 0 N–H and O–H groups in total. The summed E-state index contributed by atoms with van der Waals surface area (Å²) in [5, 5.41) is 0. The van der Waals surface area contributed by atoms with Gasteiger partial charge in [0.25, 0.3) is 0 Å². The quantitative estimate of drug-likeness (QED) is 0.473. The van der Waals surface area contributed by atoms with Gasteiger partial charge in [-0.1, -0.05) is 6.92 Å². The van der Waals surface area contributed by atoms with Gasteiger partial charge in [-0.25, -0.2) is 4.79 Å². The minimum Gasteiger partial charge on any atom is -0.463 e. The average molecular weight is 170 g/mol. The number of esters is 1. The molecule has 1 rings (SSSR count). The third-order valence-corrected chi connectivity index (χ3v) is 1.85. The molecule has 0 spiro atoms. The Balaban J connectivity index is 2.61. The summed E-state index contributed by atoms with van der Waals surface area (Å²) in [6.45, 7) is 5.41. The van der Waals surface area contributed by atoms with E-state index in [1.807, 2.05) is 13.8 Å². The molecule has 12 heavy (non-hydrogen) atoms. The van der Waals surface area contributed by atoms with Crippen LogP contribution in [0.1, 0.15) is 20.3 Å². The maximum Gasteiger partial charge on any atom is 0.334 e. The molecule has 0 aromatic rings. The van der Waals surface area contributed by atoms with Crippen molar-refractivity contribution in [1.29, 1.82) is 0 Å². The molecular formula is C9H14O3. The molecule has 3 heteroatoms. The van der Waals surface area contributed by atoms with Crippen molar-refractivity contribution >= 4 is 5.97 Å². The van der Waals surface area contributed by atoms with Gasteiger partial charge in [-0.2, -0.15) is 0 Å². The Kier molecular flexibility index (Phi) is 3.29. The number of rotatable bonds is 3. The number of hydrogen-bond acceptors (Lipinski definition) is 3. The van der Waals surface area contributed by atoms with Crippen LogP contribution in [0.5, 0.6) is 0 Å². The first-order valence-electron chi connectivity index (χ1n) is 4.25. The summed E-state index contributed by atoms with van der Waals surface area (Å²) >= 11 is 0. The van der Waals surface area contributed by atoms with E-state index >= 15 is 0 Å². The fraction of sp³-hybridized carbons (Fsp3) is 0.667. The van der Waals surface area contributed by atoms with Gasteiger partial charge < -0.3 is 9.47 Å². The first-order chi connectivity index (χ1) is 5.79. The van der Waals surface area contributed by atoms with Crippen molar-refractivity contribution in [3.63, 3.8) is 0 Å². The summed E-state index contributed by atoms with van der Waals surface area (Å²) < 4.78 is 9.88. The second-order valence-corrected chi connectivity index (χ2v) is 2.65. The summed E-state index contributed by atoms with van der Waals surface area (Å²) in [5.41, 5.74) is 1.89. The van der Waals surface area contributed by atoms with Crippen molar-refractivity contribution in [3.8, 4) is 0 Å². The highest BCUT2D eigenvalue weighted by Gasteiger charge is 2.19. The Morgan fingerprint density at radius 3 is 2.50 bits per heavy atom. The van der Waals surface area contributed by atoms with Crippen molar-refractivity contribution < 1.29 is 14.3 Å². The van der Waals surface area contributed by atoms with Crippen molar-refractivity contribution in [1.82, 2.24) is 0 Å². The van der Waals surface area contributed by atoms with Gasteiger partial charge >= 0.3 is 5.97 Å². The fourth-order valence-corrected chi connectivity index (χ4v) is 1.14. The van der Waals surface area contributed by atoms with E-state index in [4.69, 9.17) is 9.47 Å². The summed E-state index contributed by atoms with van der Waals surface area (Å²) in [6.07, 6.45) is 0.734.